The van der Waals surface area contributed by atoms with Gasteiger partial charge in [0, 0.05) is 25.0 Å². The van der Waals surface area contributed by atoms with Crippen LogP contribution >= 0.6 is 0 Å². The van der Waals surface area contributed by atoms with Crippen molar-refractivity contribution >= 4 is 5.91 Å². The summed E-state index contributed by atoms with van der Waals surface area (Å²) in [5.74, 6) is 0.283. The summed E-state index contributed by atoms with van der Waals surface area (Å²) >= 11 is 0. The maximum Gasteiger partial charge on any atom is 0.328 e. The molecule has 1 aliphatic rings. The number of nitrogens with zero attached hydrogens (tertiary/aromatic N) is 2. The highest BCUT2D eigenvalue weighted by Gasteiger charge is 2.36. The van der Waals surface area contributed by atoms with E-state index in [0.717, 1.165) is 10.1 Å². The average molecular weight is 374 g/mol. The largest absolute Gasteiger partial charge is 0.495 e. The van der Waals surface area contributed by atoms with Gasteiger partial charge in [-0.05, 0) is 30.4 Å². The summed E-state index contributed by atoms with van der Waals surface area (Å²) in [6.45, 7) is 0. The number of aromatic amines is 1. The molecule has 9 nitrogen and oxygen atoms in total. The van der Waals surface area contributed by atoms with Gasteiger partial charge in [0.25, 0.3) is 5.56 Å². The van der Waals surface area contributed by atoms with Gasteiger partial charge in [0.1, 0.15) is 5.75 Å². The molecule has 1 amide bonds. The van der Waals surface area contributed by atoms with Gasteiger partial charge < -0.3 is 20.1 Å². The highest BCUT2D eigenvalue weighted by atomic mass is 16.5. The number of aromatic nitrogens is 3. The second kappa shape index (κ2) is 7.75. The topological polar surface area (TPSA) is 126 Å². The number of rotatable bonds is 6. The Labute approximate surface area is 155 Å². The highest BCUT2D eigenvalue weighted by Crippen LogP contribution is 2.38. The smallest absolute Gasteiger partial charge is 0.328 e. The van der Waals surface area contributed by atoms with E-state index in [1.807, 2.05) is 0 Å². The van der Waals surface area contributed by atoms with Crippen LogP contribution in [0.3, 0.4) is 0 Å². The standard InChI is InChI=1S/C18H22N4O5/c1-22-17(25)12(8-20-18(22)26)6-15(24)21-16(10-3-13(23)4-10)11-5-14(27-2)9-19-7-11/h5,7-10,13,16,23H,3-4,6H2,1-2H3,(H,20,26)(H,21,24)/t10?,13?,16-/m0/s1. The summed E-state index contributed by atoms with van der Waals surface area (Å²) < 4.78 is 6.12. The van der Waals surface area contributed by atoms with E-state index in [0.29, 0.717) is 18.6 Å². The molecule has 144 valence electrons. The van der Waals surface area contributed by atoms with Crippen LogP contribution in [-0.2, 0) is 18.3 Å². The first kappa shape index (κ1) is 18.8. The van der Waals surface area contributed by atoms with Gasteiger partial charge in [-0.25, -0.2) is 4.79 Å². The van der Waals surface area contributed by atoms with Crippen LogP contribution in [0.1, 0.15) is 30.0 Å². The first-order chi connectivity index (χ1) is 12.9. The number of hydrogen-bond donors (Lipinski definition) is 3. The minimum atomic E-state index is -0.534. The van der Waals surface area contributed by atoms with Crippen LogP contribution in [-0.4, -0.2) is 38.8 Å². The number of aliphatic hydroxyl groups excluding tert-OH is 1. The number of aliphatic hydroxyl groups is 1. The summed E-state index contributed by atoms with van der Waals surface area (Å²) in [6.07, 6.45) is 5.09. The normalized spacial score (nSPS) is 19.8. The summed E-state index contributed by atoms with van der Waals surface area (Å²) in [6, 6.07) is 1.44. The van der Waals surface area contributed by atoms with E-state index >= 15 is 0 Å². The maximum absolute atomic E-state index is 12.6. The fourth-order valence-corrected chi connectivity index (χ4v) is 3.23. The first-order valence-electron chi connectivity index (χ1n) is 8.63. The zero-order chi connectivity index (χ0) is 19.6. The van der Waals surface area contributed by atoms with Crippen molar-refractivity contribution in [1.29, 1.82) is 0 Å². The number of pyridine rings is 1. The van der Waals surface area contributed by atoms with Gasteiger partial charge in [0.2, 0.25) is 5.91 Å². The lowest BCUT2D eigenvalue weighted by molar-refractivity contribution is -0.122. The average Bonchev–Trinajstić information content (AvgIpc) is 2.64. The molecule has 2 aromatic rings. The minimum absolute atomic E-state index is 0.0660. The molecule has 3 rings (SSSR count). The molecule has 2 heterocycles. The fourth-order valence-electron chi connectivity index (χ4n) is 3.23. The first-order valence-corrected chi connectivity index (χ1v) is 8.63. The third kappa shape index (κ3) is 4.08. The van der Waals surface area contributed by atoms with Gasteiger partial charge in [0.15, 0.2) is 0 Å². The second-order valence-electron chi connectivity index (χ2n) is 6.75. The molecule has 2 aromatic heterocycles. The van der Waals surface area contributed by atoms with Crippen molar-refractivity contribution in [3.05, 3.63) is 56.6 Å². The van der Waals surface area contributed by atoms with Crippen molar-refractivity contribution in [2.45, 2.75) is 31.4 Å². The quantitative estimate of drug-likeness (QED) is 0.634. The van der Waals surface area contributed by atoms with Crippen LogP contribution in [0.2, 0.25) is 0 Å². The third-order valence-corrected chi connectivity index (χ3v) is 4.87. The van der Waals surface area contributed by atoms with Crippen molar-refractivity contribution < 1.29 is 14.6 Å². The Bertz CT molecular complexity index is 945. The Kier molecular flexibility index (Phi) is 5.41. The van der Waals surface area contributed by atoms with E-state index in [2.05, 4.69) is 15.3 Å². The summed E-state index contributed by atoms with van der Waals surface area (Å²) in [5.41, 5.74) is -0.0692. The molecule has 0 aromatic carbocycles. The molecule has 9 heteroatoms. The summed E-state index contributed by atoms with van der Waals surface area (Å²) in [4.78, 5) is 42.7. The molecule has 27 heavy (non-hydrogen) atoms. The van der Waals surface area contributed by atoms with E-state index in [-0.39, 0.29) is 36.0 Å². The van der Waals surface area contributed by atoms with Crippen LogP contribution in [0.15, 0.2) is 34.2 Å². The lowest BCUT2D eigenvalue weighted by Gasteiger charge is -2.38. The molecule has 0 spiro atoms. The number of methoxy groups -OCH3 is 1. The van der Waals surface area contributed by atoms with Crippen molar-refractivity contribution in [2.75, 3.05) is 7.11 Å². The van der Waals surface area contributed by atoms with Crippen LogP contribution in [0.5, 0.6) is 5.75 Å². The van der Waals surface area contributed by atoms with Crippen molar-refractivity contribution in [3.63, 3.8) is 0 Å². The monoisotopic (exact) mass is 374 g/mol. The minimum Gasteiger partial charge on any atom is -0.495 e. The maximum atomic E-state index is 12.6. The predicted octanol–water partition coefficient (Wildman–Crippen LogP) is -0.352. The number of carbonyl (C=O) groups excluding carboxylic acids is 1. The van der Waals surface area contributed by atoms with Gasteiger partial charge in [-0.2, -0.15) is 0 Å². The molecule has 1 saturated carbocycles. The number of hydrogen-bond acceptors (Lipinski definition) is 6. The SMILES string of the molecule is COc1cncc([C@@H](NC(=O)Cc2c[nH]c(=O)n(C)c2=O)C2CC(O)C2)c1. The molecule has 0 bridgehead atoms. The molecule has 3 N–H and O–H groups in total. The summed E-state index contributed by atoms with van der Waals surface area (Å²) in [7, 11) is 2.89. The van der Waals surface area contributed by atoms with Crippen LogP contribution in [0.25, 0.3) is 0 Å². The molecule has 0 saturated heterocycles. The van der Waals surface area contributed by atoms with E-state index in [9.17, 15) is 19.5 Å². The van der Waals surface area contributed by atoms with E-state index in [1.165, 1.54) is 20.4 Å². The van der Waals surface area contributed by atoms with Crippen molar-refractivity contribution in [2.24, 2.45) is 13.0 Å². The molecule has 1 aliphatic carbocycles. The number of H-pyrrole nitrogens is 1. The van der Waals surface area contributed by atoms with Crippen molar-refractivity contribution in [1.82, 2.24) is 19.9 Å². The van der Waals surface area contributed by atoms with Crippen LogP contribution < -0.4 is 21.3 Å². The highest BCUT2D eigenvalue weighted by molar-refractivity contribution is 5.78. The molecule has 0 aliphatic heterocycles. The Morgan fingerprint density at radius 3 is 2.85 bits per heavy atom. The second-order valence-corrected chi connectivity index (χ2v) is 6.75. The lowest BCUT2D eigenvalue weighted by atomic mass is 9.75. The fraction of sp³-hybridized carbons (Fsp3) is 0.444. The van der Waals surface area contributed by atoms with Gasteiger partial charge in [-0.3, -0.25) is 19.1 Å². The van der Waals surface area contributed by atoms with Crippen molar-refractivity contribution in [3.8, 4) is 5.75 Å². The Balaban J connectivity index is 1.79. The zero-order valence-electron chi connectivity index (χ0n) is 15.1. The lowest BCUT2D eigenvalue weighted by Crippen LogP contribution is -2.43. The third-order valence-electron chi connectivity index (χ3n) is 4.87. The Morgan fingerprint density at radius 2 is 2.19 bits per heavy atom. The molecule has 1 fully saturated rings. The summed E-state index contributed by atoms with van der Waals surface area (Å²) in [5, 5.41) is 12.6. The molecule has 0 unspecified atom stereocenters. The van der Waals surface area contributed by atoms with E-state index in [4.69, 9.17) is 4.74 Å². The number of nitrogens with one attached hydrogen (secondary N) is 2. The van der Waals surface area contributed by atoms with Crippen LogP contribution in [0, 0.1) is 5.92 Å². The Hall–Kier alpha value is -2.94. The number of carbonyl (C=O) groups is 1. The molecular formula is C18H22N4O5. The van der Waals surface area contributed by atoms with Crippen LogP contribution in [0.4, 0.5) is 0 Å². The predicted molar refractivity (Wildman–Crippen MR) is 96.4 cm³/mol. The number of ether oxygens (including phenoxy) is 1. The molecular weight excluding hydrogens is 352 g/mol. The number of amides is 1. The van der Waals surface area contributed by atoms with Gasteiger partial charge in [-0.1, -0.05) is 0 Å². The van der Waals surface area contributed by atoms with Gasteiger partial charge in [-0.15, -0.1) is 0 Å². The van der Waals surface area contributed by atoms with Gasteiger partial charge in [0.05, 0.1) is 31.9 Å². The molecule has 0 radical (unpaired) electrons. The zero-order valence-corrected chi connectivity index (χ0v) is 15.1. The molecule has 1 atom stereocenters. The van der Waals surface area contributed by atoms with E-state index in [1.54, 1.807) is 18.5 Å². The van der Waals surface area contributed by atoms with Gasteiger partial charge >= 0.3 is 5.69 Å². The Morgan fingerprint density at radius 1 is 1.44 bits per heavy atom. The van der Waals surface area contributed by atoms with E-state index < -0.39 is 11.2 Å².